The summed E-state index contributed by atoms with van der Waals surface area (Å²) in [5, 5.41) is 6.72. The molecule has 16 nitrogen and oxygen atoms in total. The molecular formula is C17H24N6O10. The maximum atomic E-state index is 11.8. The van der Waals surface area contributed by atoms with Crippen LogP contribution in [0.2, 0.25) is 0 Å². The topological polar surface area (TPSA) is 221 Å². The van der Waals surface area contributed by atoms with E-state index < -0.39 is 67.3 Å². The molecule has 33 heavy (non-hydrogen) atoms. The van der Waals surface area contributed by atoms with Crippen molar-refractivity contribution in [1.29, 1.82) is 0 Å². The van der Waals surface area contributed by atoms with E-state index in [0.717, 1.165) is 27.7 Å². The molecule has 0 N–H and O–H groups in total. The number of azide groups is 2. The predicted molar refractivity (Wildman–Crippen MR) is 105 cm³/mol. The summed E-state index contributed by atoms with van der Waals surface area (Å²) < 4.78 is 32.2. The van der Waals surface area contributed by atoms with E-state index in [1.54, 1.807) is 0 Å². The van der Waals surface area contributed by atoms with Crippen LogP contribution < -0.4 is 0 Å². The molecule has 1 rings (SSSR count). The average Bonchev–Trinajstić information content (AvgIpc) is 2.71. The Hall–Kier alpha value is -3.58. The molecule has 0 aromatic rings. The number of esters is 4. The number of rotatable bonds is 11. The molecule has 16 heteroatoms. The maximum Gasteiger partial charge on any atom is 0.303 e. The molecule has 0 radical (unpaired) electrons. The van der Waals surface area contributed by atoms with E-state index in [4.69, 9.17) is 39.5 Å². The van der Waals surface area contributed by atoms with Crippen LogP contribution in [0.25, 0.3) is 20.9 Å². The molecule has 1 aliphatic rings. The minimum absolute atomic E-state index is 0.289. The van der Waals surface area contributed by atoms with E-state index in [1.807, 2.05) is 0 Å². The zero-order valence-corrected chi connectivity index (χ0v) is 18.4. The Bertz CT molecular complexity index is 805. The third-order valence-corrected chi connectivity index (χ3v) is 3.97. The maximum absolute atomic E-state index is 11.8. The first kappa shape index (κ1) is 27.5. The third-order valence-electron chi connectivity index (χ3n) is 3.97. The second-order valence-electron chi connectivity index (χ2n) is 6.65. The average molecular weight is 472 g/mol. The highest BCUT2D eigenvalue weighted by molar-refractivity contribution is 5.68. The van der Waals surface area contributed by atoms with Gasteiger partial charge in [-0.25, -0.2) is 0 Å². The van der Waals surface area contributed by atoms with Crippen LogP contribution in [0.15, 0.2) is 10.2 Å². The summed E-state index contributed by atoms with van der Waals surface area (Å²) in [5.74, 6) is -3.07. The molecule has 0 aromatic carbocycles. The summed E-state index contributed by atoms with van der Waals surface area (Å²) in [5.41, 5.74) is 17.2. The van der Waals surface area contributed by atoms with Gasteiger partial charge in [-0.2, -0.15) is 0 Å². The standard InChI is InChI=1S/C17H24N6O10/c1-8(24)28-7-13-14(29-9(2)25)15(30-10(3)26)16(31-11(4)27)17(33-13)32-12(5-20-22-18)6-21-23-19/h12-17H,5-7H2,1-4H3/t13-,14-,15-,16+,17+/m1/s1. The largest absolute Gasteiger partial charge is 0.463 e. The fourth-order valence-electron chi connectivity index (χ4n) is 2.89. The lowest BCUT2D eigenvalue weighted by Gasteiger charge is -2.44. The molecule has 0 unspecified atom stereocenters. The van der Waals surface area contributed by atoms with Crippen LogP contribution in [0.5, 0.6) is 0 Å². The van der Waals surface area contributed by atoms with Gasteiger partial charge in [0.05, 0.1) is 19.2 Å². The number of hydrogen-bond donors (Lipinski definition) is 0. The summed E-state index contributed by atoms with van der Waals surface area (Å²) in [7, 11) is 0. The van der Waals surface area contributed by atoms with Crippen LogP contribution in [0.3, 0.4) is 0 Å². The fourth-order valence-corrected chi connectivity index (χ4v) is 2.89. The lowest BCUT2D eigenvalue weighted by molar-refractivity contribution is -0.315. The molecular weight excluding hydrogens is 448 g/mol. The van der Waals surface area contributed by atoms with Crippen LogP contribution in [-0.4, -0.2) is 80.4 Å². The van der Waals surface area contributed by atoms with Crippen molar-refractivity contribution in [2.24, 2.45) is 10.2 Å². The normalized spacial score (nSPS) is 24.8. The van der Waals surface area contributed by atoms with Gasteiger partial charge in [0.1, 0.15) is 12.7 Å². The molecule has 0 bridgehead atoms. The monoisotopic (exact) mass is 472 g/mol. The van der Waals surface area contributed by atoms with E-state index in [0.29, 0.717) is 0 Å². The molecule has 0 amide bonds. The van der Waals surface area contributed by atoms with E-state index >= 15 is 0 Å². The molecule has 1 fully saturated rings. The van der Waals surface area contributed by atoms with Crippen molar-refractivity contribution in [3.63, 3.8) is 0 Å². The van der Waals surface area contributed by atoms with Crippen molar-refractivity contribution < 1.29 is 47.6 Å². The number of carbonyl (C=O) groups excluding carboxylic acids is 4. The summed E-state index contributed by atoms with van der Waals surface area (Å²) in [6, 6.07) is 0. The van der Waals surface area contributed by atoms with Crippen LogP contribution in [0.1, 0.15) is 27.7 Å². The van der Waals surface area contributed by atoms with Gasteiger partial charge in [-0.15, -0.1) is 0 Å². The van der Waals surface area contributed by atoms with Crippen LogP contribution in [0.4, 0.5) is 0 Å². The molecule has 0 spiro atoms. The Morgan fingerprint density at radius 2 is 1.30 bits per heavy atom. The molecule has 1 saturated heterocycles. The van der Waals surface area contributed by atoms with Crippen LogP contribution >= 0.6 is 0 Å². The highest BCUT2D eigenvalue weighted by Crippen LogP contribution is 2.30. The molecule has 5 atom stereocenters. The second kappa shape index (κ2) is 13.8. The zero-order chi connectivity index (χ0) is 25.0. The van der Waals surface area contributed by atoms with E-state index in [2.05, 4.69) is 20.1 Å². The number of nitrogens with zero attached hydrogens (tertiary/aromatic N) is 6. The first-order valence-corrected chi connectivity index (χ1v) is 9.56. The predicted octanol–water partition coefficient (Wildman–Crippen LogP) is 1.08. The van der Waals surface area contributed by atoms with Crippen molar-refractivity contribution >= 4 is 23.9 Å². The van der Waals surface area contributed by atoms with Gasteiger partial charge in [0.15, 0.2) is 24.6 Å². The first-order chi connectivity index (χ1) is 15.6. The molecule has 182 valence electrons. The Morgan fingerprint density at radius 3 is 1.76 bits per heavy atom. The smallest absolute Gasteiger partial charge is 0.303 e. The van der Waals surface area contributed by atoms with Gasteiger partial charge >= 0.3 is 23.9 Å². The molecule has 0 saturated carbocycles. The minimum Gasteiger partial charge on any atom is -0.463 e. The second-order valence-corrected chi connectivity index (χ2v) is 6.65. The Labute approximate surface area is 187 Å². The van der Waals surface area contributed by atoms with E-state index in [9.17, 15) is 19.2 Å². The Morgan fingerprint density at radius 1 is 0.818 bits per heavy atom. The van der Waals surface area contributed by atoms with Crippen LogP contribution in [0, 0.1) is 0 Å². The van der Waals surface area contributed by atoms with Gasteiger partial charge in [-0.05, 0) is 11.1 Å². The van der Waals surface area contributed by atoms with Gasteiger partial charge in [0, 0.05) is 37.5 Å². The Balaban J connectivity index is 3.40. The third kappa shape index (κ3) is 9.62. The summed E-state index contributed by atoms with van der Waals surface area (Å²) in [6.07, 6.45) is -7.95. The van der Waals surface area contributed by atoms with Gasteiger partial charge in [0.25, 0.3) is 0 Å². The molecule has 0 aromatic heterocycles. The first-order valence-electron chi connectivity index (χ1n) is 9.56. The summed E-state index contributed by atoms with van der Waals surface area (Å²) >= 11 is 0. The van der Waals surface area contributed by atoms with Gasteiger partial charge in [-0.1, -0.05) is 10.2 Å². The quantitative estimate of drug-likeness (QED) is 0.137. The van der Waals surface area contributed by atoms with Crippen molar-refractivity contribution in [1.82, 2.24) is 0 Å². The van der Waals surface area contributed by atoms with Crippen molar-refractivity contribution in [2.45, 2.75) is 64.5 Å². The van der Waals surface area contributed by atoms with E-state index in [1.165, 1.54) is 0 Å². The number of ether oxygens (including phenoxy) is 6. The highest BCUT2D eigenvalue weighted by Gasteiger charge is 2.53. The SMILES string of the molecule is CC(=O)OC[C@H]1O[C@H](OC(CN=[N+]=[N-])CN=[N+]=[N-])[C@@H](OC(C)=O)[C@H](OC(C)=O)[C@@H]1OC(C)=O. The van der Waals surface area contributed by atoms with Crippen molar-refractivity contribution in [3.05, 3.63) is 20.9 Å². The van der Waals surface area contributed by atoms with E-state index in [-0.39, 0.29) is 13.1 Å². The summed E-state index contributed by atoms with van der Waals surface area (Å²) in [4.78, 5) is 51.8. The molecule has 1 aliphatic heterocycles. The Kier molecular flexibility index (Phi) is 11.4. The molecule has 0 aliphatic carbocycles. The minimum atomic E-state index is -1.49. The number of carbonyl (C=O) groups is 4. The highest BCUT2D eigenvalue weighted by atomic mass is 16.7. The fraction of sp³-hybridized carbons (Fsp3) is 0.765. The summed E-state index contributed by atoms with van der Waals surface area (Å²) in [6.45, 7) is 3.37. The van der Waals surface area contributed by atoms with Crippen molar-refractivity contribution in [2.75, 3.05) is 19.7 Å². The number of hydrogen-bond acceptors (Lipinski definition) is 12. The van der Waals surface area contributed by atoms with Crippen LogP contribution in [-0.2, 0) is 47.6 Å². The van der Waals surface area contributed by atoms with Crippen molar-refractivity contribution in [3.8, 4) is 0 Å². The van der Waals surface area contributed by atoms with Gasteiger partial charge in [-0.3, -0.25) is 19.2 Å². The lowest BCUT2D eigenvalue weighted by Crippen LogP contribution is -2.63. The van der Waals surface area contributed by atoms with Gasteiger partial charge < -0.3 is 28.4 Å². The van der Waals surface area contributed by atoms with Gasteiger partial charge in [0.2, 0.25) is 0 Å². The lowest BCUT2D eigenvalue weighted by atomic mass is 9.98. The molecule has 1 heterocycles. The zero-order valence-electron chi connectivity index (χ0n) is 18.4.